The van der Waals surface area contributed by atoms with Gasteiger partial charge in [0.05, 0.1) is 10.6 Å². The minimum Gasteiger partial charge on any atom is -0.507 e. The molecule has 0 amide bonds. The first kappa shape index (κ1) is 42.8. The van der Waals surface area contributed by atoms with E-state index in [1.54, 1.807) is 12.1 Å². The van der Waals surface area contributed by atoms with Gasteiger partial charge in [-0.1, -0.05) is 90.2 Å². The molecule has 58 heavy (non-hydrogen) atoms. The third kappa shape index (κ3) is 7.86. The highest BCUT2D eigenvalue weighted by molar-refractivity contribution is 6.32. The monoisotopic (exact) mass is 812 g/mol. The number of aromatic hydroxyl groups is 3. The molecule has 9 heteroatoms. The van der Waals surface area contributed by atoms with E-state index in [1.165, 1.54) is 92.5 Å². The summed E-state index contributed by atoms with van der Waals surface area (Å²) < 4.78 is 13.6. The summed E-state index contributed by atoms with van der Waals surface area (Å²) in [5.41, 5.74) is 26.9. The van der Waals surface area contributed by atoms with Crippen molar-refractivity contribution in [3.05, 3.63) is 86.2 Å². The first-order valence-electron chi connectivity index (χ1n) is 22.2. The van der Waals surface area contributed by atoms with E-state index in [4.69, 9.17) is 34.1 Å². The van der Waals surface area contributed by atoms with Crippen LogP contribution in [-0.2, 0) is 35.5 Å². The van der Waals surface area contributed by atoms with Crippen LogP contribution in [-0.4, -0.2) is 33.4 Å². The third-order valence-electron chi connectivity index (χ3n) is 16.0. The van der Waals surface area contributed by atoms with Gasteiger partial charge in [-0.05, 0) is 145 Å². The van der Waals surface area contributed by atoms with Crippen LogP contribution in [0.25, 0.3) is 0 Å². The number of rotatable bonds is 0. The fraction of sp³-hybridized carbons (Fsp3) is 0.612. The topological polar surface area (TPSA) is 163 Å². The average Bonchev–Trinajstić information content (AvgIpc) is 3.19. The van der Waals surface area contributed by atoms with Crippen LogP contribution < -0.4 is 17.2 Å². The number of phenols is 3. The van der Waals surface area contributed by atoms with Gasteiger partial charge in [-0.3, -0.25) is 0 Å². The average molecular weight is 814 g/mol. The second kappa shape index (κ2) is 17.0. The summed E-state index contributed by atoms with van der Waals surface area (Å²) in [5, 5.41) is 39.2. The maximum Gasteiger partial charge on any atom is 0.165 e. The number of halogens is 2. The summed E-state index contributed by atoms with van der Waals surface area (Å²) in [4.78, 5) is 0. The first-order chi connectivity index (χ1) is 27.6. The molecule has 7 nitrogen and oxygen atoms in total. The highest BCUT2D eigenvalue weighted by Gasteiger charge is 2.46. The summed E-state index contributed by atoms with van der Waals surface area (Å²) in [6.45, 7) is 6.69. The van der Waals surface area contributed by atoms with Crippen molar-refractivity contribution in [1.29, 1.82) is 5.26 Å². The van der Waals surface area contributed by atoms with Crippen LogP contribution in [0.15, 0.2) is 36.4 Å². The lowest BCUT2D eigenvalue weighted by Gasteiger charge is -2.47. The van der Waals surface area contributed by atoms with E-state index in [-0.39, 0.29) is 51.6 Å². The Hall–Kier alpha value is -3.35. The second-order valence-corrected chi connectivity index (χ2v) is 20.0. The van der Waals surface area contributed by atoms with Crippen molar-refractivity contribution in [2.45, 2.75) is 171 Å². The van der Waals surface area contributed by atoms with Crippen molar-refractivity contribution in [2.24, 2.45) is 35.0 Å². The summed E-state index contributed by atoms with van der Waals surface area (Å²) in [5.74, 6) is 1.04. The molecule has 0 aromatic heterocycles. The molecule has 0 heterocycles. The molecule has 0 saturated heterocycles. The van der Waals surface area contributed by atoms with Crippen molar-refractivity contribution in [1.82, 2.24) is 0 Å². The van der Waals surface area contributed by atoms with E-state index in [1.807, 2.05) is 18.2 Å². The minimum absolute atomic E-state index is 0.0132. The largest absolute Gasteiger partial charge is 0.507 e. The molecule has 9 N–H and O–H groups in total. The third-order valence-corrected chi connectivity index (χ3v) is 16.3. The second-order valence-electron chi connectivity index (χ2n) is 19.6. The highest BCUT2D eigenvalue weighted by Crippen LogP contribution is 2.50. The SMILES string of the molecule is CC12CCCCCC(Cc3cc(C#N)c(O)cc31)C2N.CC12CCCCCC(Cc3cc(Cl)c(O)cc31)C2N.CC12CCCCCC(Cc3cc(F)c(O)cc31)C2N. The number of nitrogens with two attached hydrogens (primary N) is 3. The van der Waals surface area contributed by atoms with Crippen LogP contribution in [0.5, 0.6) is 17.2 Å². The van der Waals surface area contributed by atoms with Gasteiger partial charge >= 0.3 is 0 Å². The van der Waals surface area contributed by atoms with Crippen LogP contribution in [0.4, 0.5) is 4.39 Å². The van der Waals surface area contributed by atoms with Crippen molar-refractivity contribution >= 4 is 11.6 Å². The Kier molecular flexibility index (Phi) is 12.5. The minimum atomic E-state index is -0.507. The summed E-state index contributed by atoms with van der Waals surface area (Å²) in [7, 11) is 0. The number of benzene rings is 3. The first-order valence-corrected chi connectivity index (χ1v) is 22.6. The zero-order valence-electron chi connectivity index (χ0n) is 34.9. The molecule has 3 fully saturated rings. The molecular weight excluding hydrogens is 747 g/mol. The van der Waals surface area contributed by atoms with Crippen molar-refractivity contribution in [3.63, 3.8) is 0 Å². The molecule has 0 spiro atoms. The predicted molar refractivity (Wildman–Crippen MR) is 231 cm³/mol. The van der Waals surface area contributed by atoms with Gasteiger partial charge in [-0.25, -0.2) is 4.39 Å². The summed E-state index contributed by atoms with van der Waals surface area (Å²) in [6.07, 6.45) is 20.7. The fourth-order valence-electron chi connectivity index (χ4n) is 12.3. The van der Waals surface area contributed by atoms with E-state index in [0.717, 1.165) is 62.5 Å². The molecule has 3 aromatic rings. The van der Waals surface area contributed by atoms with Crippen LogP contribution in [0.3, 0.4) is 0 Å². The fourth-order valence-corrected chi connectivity index (χ4v) is 12.5. The van der Waals surface area contributed by atoms with Gasteiger partial charge in [-0.2, -0.15) is 5.26 Å². The lowest BCUT2D eigenvalue weighted by Crippen LogP contribution is -2.52. The van der Waals surface area contributed by atoms with Crippen LogP contribution in [0.1, 0.15) is 156 Å². The molecule has 6 aliphatic carbocycles. The smallest absolute Gasteiger partial charge is 0.165 e. The van der Waals surface area contributed by atoms with Crippen molar-refractivity contribution in [2.75, 3.05) is 0 Å². The van der Waals surface area contributed by atoms with Crippen LogP contribution >= 0.6 is 11.6 Å². The Morgan fingerprint density at radius 1 is 0.569 bits per heavy atom. The number of nitrogens with zero attached hydrogens (tertiary/aromatic N) is 1. The Morgan fingerprint density at radius 2 is 0.948 bits per heavy atom. The molecule has 9 rings (SSSR count). The molecule has 0 radical (unpaired) electrons. The lowest BCUT2D eigenvalue weighted by atomic mass is 9.60. The Balaban J connectivity index is 0.000000132. The maximum atomic E-state index is 13.6. The van der Waals surface area contributed by atoms with E-state index in [0.29, 0.717) is 28.3 Å². The Labute approximate surface area is 350 Å². The lowest BCUT2D eigenvalue weighted by molar-refractivity contribution is 0.201. The molecule has 3 aromatic carbocycles. The molecule has 6 bridgehead atoms. The number of hydrogen-bond acceptors (Lipinski definition) is 7. The van der Waals surface area contributed by atoms with Gasteiger partial charge in [-0.15, -0.1) is 0 Å². The number of phenolic OH excluding ortho intramolecular Hbond substituents is 3. The van der Waals surface area contributed by atoms with Gasteiger partial charge in [0.25, 0.3) is 0 Å². The molecule has 314 valence electrons. The Morgan fingerprint density at radius 3 is 1.38 bits per heavy atom. The standard InChI is InChI=1S/C17H22N2O.C16H22ClNO.C16H22FNO/c1-17-6-4-2-3-5-11(16(17)19)7-12-8-13(10-18)15(20)9-14(12)17;2*1-16-6-4-2-3-5-10(15(16)18)7-11-8-13(17)14(19)9-12(11)16/h8-9,11,16,20H,2-7,19H2,1H3;2*8-10,15,19H,2-7,18H2,1H3. The highest BCUT2D eigenvalue weighted by atomic mass is 35.5. The number of hydrogen-bond donors (Lipinski definition) is 6. The Bertz CT molecular complexity index is 1940. The van der Waals surface area contributed by atoms with E-state index < -0.39 is 5.82 Å². The van der Waals surface area contributed by atoms with Gasteiger partial charge < -0.3 is 32.5 Å². The predicted octanol–water partition coefficient (Wildman–Crippen LogP) is 10.0. The zero-order valence-corrected chi connectivity index (χ0v) is 35.7. The van der Waals surface area contributed by atoms with E-state index >= 15 is 0 Å². The zero-order chi connectivity index (χ0) is 41.6. The molecule has 6 aliphatic rings. The van der Waals surface area contributed by atoms with Gasteiger partial charge in [0, 0.05) is 34.4 Å². The number of fused-ring (bicyclic) bond motifs is 12. The van der Waals surface area contributed by atoms with Crippen molar-refractivity contribution < 1.29 is 19.7 Å². The van der Waals surface area contributed by atoms with Gasteiger partial charge in [0.15, 0.2) is 11.6 Å². The molecule has 0 aliphatic heterocycles. The van der Waals surface area contributed by atoms with Crippen molar-refractivity contribution in [3.8, 4) is 23.3 Å². The van der Waals surface area contributed by atoms with Gasteiger partial charge in [0.1, 0.15) is 17.6 Å². The van der Waals surface area contributed by atoms with Gasteiger partial charge in [0.2, 0.25) is 0 Å². The van der Waals surface area contributed by atoms with E-state index in [9.17, 15) is 19.7 Å². The summed E-state index contributed by atoms with van der Waals surface area (Å²) in [6, 6.07) is 13.2. The quantitative estimate of drug-likeness (QED) is 0.132. The normalized spacial score (nSPS) is 33.7. The van der Waals surface area contributed by atoms with E-state index in [2.05, 4.69) is 26.8 Å². The maximum absolute atomic E-state index is 13.6. The van der Waals surface area contributed by atoms with Crippen LogP contribution in [0.2, 0.25) is 5.02 Å². The van der Waals surface area contributed by atoms with Crippen LogP contribution in [0, 0.1) is 34.9 Å². The molecule has 9 unspecified atom stereocenters. The molecular formula is C49H66ClFN4O3. The number of nitriles is 1. The molecule has 9 atom stereocenters. The molecule has 3 saturated carbocycles. The summed E-state index contributed by atoms with van der Waals surface area (Å²) >= 11 is 6.08.